The fraction of sp³-hybridized carbons (Fsp3) is 0.571. The van der Waals surface area contributed by atoms with Crippen LogP contribution in [0, 0.1) is 15.9 Å². The van der Waals surface area contributed by atoms with E-state index in [0.717, 1.165) is 31.7 Å². The minimum Gasteiger partial charge on any atom is -0.311 e. The van der Waals surface area contributed by atoms with Gasteiger partial charge in [0.2, 0.25) is 5.82 Å². The third-order valence-electron chi connectivity index (χ3n) is 3.59. The summed E-state index contributed by atoms with van der Waals surface area (Å²) in [6.07, 6.45) is 3.87. The van der Waals surface area contributed by atoms with Crippen LogP contribution < -0.4 is 5.32 Å². The zero-order chi connectivity index (χ0) is 14.4. The van der Waals surface area contributed by atoms with Gasteiger partial charge in [-0.3, -0.25) is 10.1 Å². The molecule has 0 atom stereocenters. The molecule has 110 valence electrons. The normalized spacial score (nSPS) is 16.2. The van der Waals surface area contributed by atoms with Crippen molar-refractivity contribution in [2.45, 2.75) is 25.8 Å². The average molecular weight is 281 g/mol. The molecule has 0 aromatic heterocycles. The zero-order valence-corrected chi connectivity index (χ0v) is 11.5. The molecule has 1 aromatic rings. The Morgan fingerprint density at radius 2 is 2.05 bits per heavy atom. The summed E-state index contributed by atoms with van der Waals surface area (Å²) in [6.45, 7) is 4.69. The maximum atomic E-state index is 13.4. The molecule has 0 spiro atoms. The zero-order valence-electron chi connectivity index (χ0n) is 11.5. The molecule has 1 aliphatic heterocycles. The maximum Gasteiger partial charge on any atom is 0.304 e. The lowest BCUT2D eigenvalue weighted by Crippen LogP contribution is -2.35. The molecule has 0 amide bonds. The summed E-state index contributed by atoms with van der Waals surface area (Å²) in [5, 5.41) is 13.8. The molecule has 1 fully saturated rings. The summed E-state index contributed by atoms with van der Waals surface area (Å²) >= 11 is 0. The van der Waals surface area contributed by atoms with E-state index in [1.54, 1.807) is 6.07 Å². The van der Waals surface area contributed by atoms with Gasteiger partial charge in [0.1, 0.15) is 0 Å². The Labute approximate surface area is 117 Å². The monoisotopic (exact) mass is 281 g/mol. The summed E-state index contributed by atoms with van der Waals surface area (Å²) in [6, 6.07) is 4.04. The third kappa shape index (κ3) is 4.25. The number of nitrogens with zero attached hydrogens (tertiary/aromatic N) is 2. The van der Waals surface area contributed by atoms with Crippen LogP contribution in [0.15, 0.2) is 18.2 Å². The van der Waals surface area contributed by atoms with E-state index in [1.807, 2.05) is 0 Å². The predicted octanol–water partition coefficient (Wildman–Crippen LogP) is 2.31. The van der Waals surface area contributed by atoms with Crippen LogP contribution in [0.1, 0.15) is 24.8 Å². The number of hydrogen-bond acceptors (Lipinski definition) is 4. The number of hydrogen-bond donors (Lipinski definition) is 1. The number of nitro benzene ring substituents is 1. The van der Waals surface area contributed by atoms with Crippen molar-refractivity contribution in [2.75, 3.05) is 26.2 Å². The minimum absolute atomic E-state index is 0.470. The van der Waals surface area contributed by atoms with Crippen LogP contribution in [0.3, 0.4) is 0 Å². The van der Waals surface area contributed by atoms with E-state index in [-0.39, 0.29) is 0 Å². The summed E-state index contributed by atoms with van der Waals surface area (Å²) in [7, 11) is 0. The first-order valence-electron chi connectivity index (χ1n) is 7.03. The fourth-order valence-electron chi connectivity index (χ4n) is 2.46. The largest absolute Gasteiger partial charge is 0.311 e. The van der Waals surface area contributed by atoms with E-state index < -0.39 is 16.4 Å². The lowest BCUT2D eigenvalue weighted by Gasteiger charge is -2.26. The Hall–Kier alpha value is -1.53. The van der Waals surface area contributed by atoms with Crippen molar-refractivity contribution < 1.29 is 9.31 Å². The second-order valence-corrected chi connectivity index (χ2v) is 5.12. The Morgan fingerprint density at radius 3 is 2.70 bits per heavy atom. The second kappa shape index (κ2) is 7.31. The van der Waals surface area contributed by atoms with Crippen molar-refractivity contribution >= 4 is 5.69 Å². The lowest BCUT2D eigenvalue weighted by molar-refractivity contribution is -0.387. The number of halogens is 1. The van der Waals surface area contributed by atoms with E-state index >= 15 is 0 Å². The maximum absolute atomic E-state index is 13.4. The van der Waals surface area contributed by atoms with Gasteiger partial charge < -0.3 is 10.2 Å². The molecule has 1 aliphatic rings. The van der Waals surface area contributed by atoms with Crippen LogP contribution in [0.5, 0.6) is 0 Å². The standard InChI is InChI=1S/C14H20FN3O2/c15-13-10-12(4-5-14(13)18(19)20)11-16-6-9-17-7-2-1-3-8-17/h4-5,10,16H,1-3,6-9,11H2. The lowest BCUT2D eigenvalue weighted by atomic mass is 10.1. The molecule has 1 heterocycles. The number of rotatable bonds is 6. The predicted molar refractivity (Wildman–Crippen MR) is 75.1 cm³/mol. The number of nitro groups is 1. The van der Waals surface area contributed by atoms with Crippen molar-refractivity contribution in [2.24, 2.45) is 0 Å². The number of benzene rings is 1. The van der Waals surface area contributed by atoms with Crippen molar-refractivity contribution in [3.8, 4) is 0 Å². The highest BCUT2D eigenvalue weighted by atomic mass is 19.1. The van der Waals surface area contributed by atoms with Gasteiger partial charge in [-0.25, -0.2) is 0 Å². The Bertz CT molecular complexity index is 462. The molecule has 0 saturated carbocycles. The van der Waals surface area contributed by atoms with Gasteiger partial charge in [0.05, 0.1) is 4.92 Å². The van der Waals surface area contributed by atoms with Gasteiger partial charge in [0.15, 0.2) is 0 Å². The third-order valence-corrected chi connectivity index (χ3v) is 3.59. The van der Waals surface area contributed by atoms with Crippen molar-refractivity contribution in [1.82, 2.24) is 10.2 Å². The molecule has 20 heavy (non-hydrogen) atoms. The fourth-order valence-corrected chi connectivity index (χ4v) is 2.46. The van der Waals surface area contributed by atoms with E-state index in [9.17, 15) is 14.5 Å². The van der Waals surface area contributed by atoms with Crippen molar-refractivity contribution in [1.29, 1.82) is 0 Å². The highest BCUT2D eigenvalue weighted by Crippen LogP contribution is 2.17. The number of nitrogens with one attached hydrogen (secondary N) is 1. The van der Waals surface area contributed by atoms with Gasteiger partial charge in [0.25, 0.3) is 0 Å². The van der Waals surface area contributed by atoms with Gasteiger partial charge in [0, 0.05) is 25.7 Å². The molecular weight excluding hydrogens is 261 g/mol. The molecule has 0 radical (unpaired) electrons. The van der Waals surface area contributed by atoms with Crippen molar-refractivity contribution in [3.05, 3.63) is 39.7 Å². The highest BCUT2D eigenvalue weighted by Gasteiger charge is 2.13. The Balaban J connectivity index is 1.73. The van der Waals surface area contributed by atoms with Crippen LogP contribution >= 0.6 is 0 Å². The molecule has 0 bridgehead atoms. The highest BCUT2D eigenvalue weighted by molar-refractivity contribution is 5.34. The minimum atomic E-state index is -0.773. The van der Waals surface area contributed by atoms with E-state index in [0.29, 0.717) is 6.54 Å². The van der Waals surface area contributed by atoms with Gasteiger partial charge in [-0.15, -0.1) is 0 Å². The first-order valence-corrected chi connectivity index (χ1v) is 7.03. The van der Waals surface area contributed by atoms with E-state index in [1.165, 1.54) is 31.4 Å². The summed E-state index contributed by atoms with van der Waals surface area (Å²) in [4.78, 5) is 12.2. The molecule has 5 nitrogen and oxygen atoms in total. The van der Waals surface area contributed by atoms with Gasteiger partial charge >= 0.3 is 5.69 Å². The molecular formula is C14H20FN3O2. The van der Waals surface area contributed by atoms with Gasteiger partial charge in [-0.1, -0.05) is 12.5 Å². The molecule has 0 unspecified atom stereocenters. The molecule has 2 rings (SSSR count). The first kappa shape index (κ1) is 14.9. The topological polar surface area (TPSA) is 58.4 Å². The van der Waals surface area contributed by atoms with Crippen LogP contribution in [0.4, 0.5) is 10.1 Å². The first-order chi connectivity index (χ1) is 9.66. The van der Waals surface area contributed by atoms with Crippen molar-refractivity contribution in [3.63, 3.8) is 0 Å². The average Bonchev–Trinajstić information content (AvgIpc) is 2.44. The van der Waals surface area contributed by atoms with Gasteiger partial charge in [-0.05, 0) is 37.6 Å². The summed E-state index contributed by atoms with van der Waals surface area (Å²) < 4.78 is 13.4. The van der Waals surface area contributed by atoms with E-state index in [4.69, 9.17) is 0 Å². The summed E-state index contributed by atoms with van der Waals surface area (Å²) in [5.74, 6) is -0.773. The molecule has 1 aromatic carbocycles. The second-order valence-electron chi connectivity index (χ2n) is 5.12. The quantitative estimate of drug-likeness (QED) is 0.494. The number of likely N-dealkylation sites (tertiary alicyclic amines) is 1. The Morgan fingerprint density at radius 1 is 1.30 bits per heavy atom. The number of piperidine rings is 1. The smallest absolute Gasteiger partial charge is 0.304 e. The van der Waals surface area contributed by atoms with Crippen LogP contribution in [-0.4, -0.2) is 36.0 Å². The molecule has 0 aliphatic carbocycles. The molecule has 6 heteroatoms. The SMILES string of the molecule is O=[N+]([O-])c1ccc(CNCCN2CCCCC2)cc1F. The summed E-state index contributed by atoms with van der Waals surface area (Å²) in [5.41, 5.74) is 0.258. The molecule has 1 saturated heterocycles. The van der Waals surface area contributed by atoms with Gasteiger partial charge in [-0.2, -0.15) is 4.39 Å². The van der Waals surface area contributed by atoms with Crippen LogP contribution in [0.25, 0.3) is 0 Å². The molecule has 1 N–H and O–H groups in total. The van der Waals surface area contributed by atoms with Crippen LogP contribution in [-0.2, 0) is 6.54 Å². The Kier molecular flexibility index (Phi) is 5.43. The van der Waals surface area contributed by atoms with E-state index in [2.05, 4.69) is 10.2 Å². The van der Waals surface area contributed by atoms with Crippen LogP contribution in [0.2, 0.25) is 0 Å².